The first-order chi connectivity index (χ1) is 10.8. The summed E-state index contributed by atoms with van der Waals surface area (Å²) in [6.45, 7) is 1.69. The highest BCUT2D eigenvalue weighted by Gasteiger charge is 1.97. The first kappa shape index (κ1) is 18.9. The molecule has 0 fully saturated rings. The molecule has 1 rings (SSSR count). The summed E-state index contributed by atoms with van der Waals surface area (Å²) in [7, 11) is 0. The Kier molecular flexibility index (Phi) is 11.6. The zero-order chi connectivity index (χ0) is 15.9. The predicted molar refractivity (Wildman–Crippen MR) is 93.0 cm³/mol. The van der Waals surface area contributed by atoms with E-state index in [0.717, 1.165) is 25.1 Å². The molecule has 0 saturated carbocycles. The average molecular weight is 306 g/mol. The van der Waals surface area contributed by atoms with Crippen LogP contribution >= 0.6 is 0 Å². The number of unbranched alkanes of at least 4 members (excludes halogenated alkanes) is 11. The van der Waals surface area contributed by atoms with Crippen LogP contribution < -0.4 is 0 Å². The number of imidazole rings is 1. The number of ketones is 1. The monoisotopic (exact) mass is 306 g/mol. The van der Waals surface area contributed by atoms with Gasteiger partial charge >= 0.3 is 0 Å². The van der Waals surface area contributed by atoms with Gasteiger partial charge in [0.15, 0.2) is 0 Å². The van der Waals surface area contributed by atoms with Crippen molar-refractivity contribution >= 4 is 5.78 Å². The Morgan fingerprint density at radius 2 is 1.36 bits per heavy atom. The quantitative estimate of drug-likeness (QED) is 0.428. The lowest BCUT2D eigenvalue weighted by atomic mass is 10.0. The number of H-pyrrole nitrogens is 1. The SMILES string of the molecule is CC(=O)CCCCCCCCCCCCCCc1ncc[nH]1. The van der Waals surface area contributed by atoms with E-state index < -0.39 is 0 Å². The number of carbonyl (C=O) groups excluding carboxylic acids is 1. The smallest absolute Gasteiger partial charge is 0.129 e. The standard InChI is InChI=1S/C19H34N2O/c1-18(22)14-12-10-8-6-4-2-3-5-7-9-11-13-15-19-20-16-17-21-19/h16-17H,2-15H2,1H3,(H,20,21). The summed E-state index contributed by atoms with van der Waals surface area (Å²) in [5, 5.41) is 0. The minimum Gasteiger partial charge on any atom is -0.349 e. The maximum absolute atomic E-state index is 10.8. The van der Waals surface area contributed by atoms with Crippen molar-refractivity contribution < 1.29 is 4.79 Å². The third-order valence-corrected chi connectivity index (χ3v) is 4.25. The summed E-state index contributed by atoms with van der Waals surface area (Å²) in [6, 6.07) is 0. The average Bonchev–Trinajstić information content (AvgIpc) is 3.00. The molecule has 1 aromatic heterocycles. The van der Waals surface area contributed by atoms with Crippen LogP contribution in [0.15, 0.2) is 12.4 Å². The van der Waals surface area contributed by atoms with E-state index in [-0.39, 0.29) is 0 Å². The summed E-state index contributed by atoms with van der Waals surface area (Å²) >= 11 is 0. The lowest BCUT2D eigenvalue weighted by molar-refractivity contribution is -0.117. The Labute approximate surface area is 136 Å². The van der Waals surface area contributed by atoms with Gasteiger partial charge in [0.1, 0.15) is 11.6 Å². The Balaban J connectivity index is 1.70. The second-order valence-electron chi connectivity index (χ2n) is 6.48. The number of aryl methyl sites for hydroxylation is 1. The molecule has 1 N–H and O–H groups in total. The van der Waals surface area contributed by atoms with E-state index in [4.69, 9.17) is 0 Å². The van der Waals surface area contributed by atoms with Crippen molar-refractivity contribution in [2.45, 2.75) is 96.8 Å². The highest BCUT2D eigenvalue weighted by atomic mass is 16.1. The summed E-state index contributed by atoms with van der Waals surface area (Å²) < 4.78 is 0. The van der Waals surface area contributed by atoms with Crippen molar-refractivity contribution in [3.8, 4) is 0 Å². The number of hydrogen-bond donors (Lipinski definition) is 1. The molecule has 126 valence electrons. The van der Waals surface area contributed by atoms with Crippen LogP contribution in [0.2, 0.25) is 0 Å². The van der Waals surface area contributed by atoms with E-state index in [9.17, 15) is 4.79 Å². The molecule has 3 heteroatoms. The van der Waals surface area contributed by atoms with Gasteiger partial charge in [-0.15, -0.1) is 0 Å². The van der Waals surface area contributed by atoms with Crippen molar-refractivity contribution in [1.82, 2.24) is 9.97 Å². The molecule has 0 spiro atoms. The van der Waals surface area contributed by atoms with Gasteiger partial charge in [-0.05, 0) is 19.8 Å². The van der Waals surface area contributed by atoms with Crippen molar-refractivity contribution in [2.24, 2.45) is 0 Å². The molecule has 0 aliphatic heterocycles. The summed E-state index contributed by atoms with van der Waals surface area (Å²) in [5.41, 5.74) is 0. The zero-order valence-electron chi connectivity index (χ0n) is 14.4. The Morgan fingerprint density at radius 3 is 1.82 bits per heavy atom. The molecule has 1 heterocycles. The van der Waals surface area contributed by atoms with Crippen LogP contribution in [0.3, 0.4) is 0 Å². The second-order valence-corrected chi connectivity index (χ2v) is 6.48. The molecule has 0 amide bonds. The largest absolute Gasteiger partial charge is 0.349 e. The van der Waals surface area contributed by atoms with Crippen molar-refractivity contribution in [3.63, 3.8) is 0 Å². The van der Waals surface area contributed by atoms with Crippen LogP contribution in [0.5, 0.6) is 0 Å². The molecule has 3 nitrogen and oxygen atoms in total. The van der Waals surface area contributed by atoms with Crippen molar-refractivity contribution in [1.29, 1.82) is 0 Å². The van der Waals surface area contributed by atoms with Gasteiger partial charge in [-0.25, -0.2) is 4.98 Å². The molecule has 0 saturated heterocycles. The number of nitrogens with zero attached hydrogens (tertiary/aromatic N) is 1. The predicted octanol–water partition coefficient (Wildman–Crippen LogP) is 5.61. The molecule has 22 heavy (non-hydrogen) atoms. The number of Topliss-reactive ketones (excluding diaryl/α,β-unsaturated/α-hetero) is 1. The van der Waals surface area contributed by atoms with Crippen LogP contribution in [0.1, 0.15) is 96.2 Å². The van der Waals surface area contributed by atoms with E-state index in [0.29, 0.717) is 5.78 Å². The van der Waals surface area contributed by atoms with Crippen LogP contribution in [-0.2, 0) is 11.2 Å². The maximum atomic E-state index is 10.8. The summed E-state index contributed by atoms with van der Waals surface area (Å²) in [5.74, 6) is 1.47. The number of aromatic amines is 1. The minimum atomic E-state index is 0.337. The Morgan fingerprint density at radius 1 is 0.864 bits per heavy atom. The van der Waals surface area contributed by atoms with Crippen LogP contribution in [0, 0.1) is 0 Å². The van der Waals surface area contributed by atoms with Gasteiger partial charge in [0.05, 0.1) is 0 Å². The first-order valence-electron chi connectivity index (χ1n) is 9.27. The molecule has 1 aromatic rings. The lowest BCUT2D eigenvalue weighted by Gasteiger charge is -2.03. The minimum absolute atomic E-state index is 0.337. The second kappa shape index (κ2) is 13.5. The zero-order valence-corrected chi connectivity index (χ0v) is 14.4. The Bertz CT molecular complexity index is 360. The van der Waals surface area contributed by atoms with Gasteiger partial charge in [-0.1, -0.05) is 64.2 Å². The molecular formula is C19H34N2O. The van der Waals surface area contributed by atoms with E-state index in [1.54, 1.807) is 6.92 Å². The van der Waals surface area contributed by atoms with E-state index in [2.05, 4.69) is 9.97 Å². The Hall–Kier alpha value is -1.12. The number of carbonyl (C=O) groups is 1. The molecule has 0 radical (unpaired) electrons. The number of nitrogens with one attached hydrogen (secondary N) is 1. The maximum Gasteiger partial charge on any atom is 0.129 e. The van der Waals surface area contributed by atoms with Gasteiger partial charge in [0, 0.05) is 25.2 Å². The molecule has 0 aliphatic rings. The highest BCUT2D eigenvalue weighted by Crippen LogP contribution is 2.13. The van der Waals surface area contributed by atoms with E-state index >= 15 is 0 Å². The normalized spacial score (nSPS) is 11.0. The summed E-state index contributed by atoms with van der Waals surface area (Å²) in [4.78, 5) is 18.2. The highest BCUT2D eigenvalue weighted by molar-refractivity contribution is 5.75. The van der Waals surface area contributed by atoms with Gasteiger partial charge in [-0.2, -0.15) is 0 Å². The lowest BCUT2D eigenvalue weighted by Crippen LogP contribution is -1.89. The van der Waals surface area contributed by atoms with Gasteiger partial charge in [-0.3, -0.25) is 0 Å². The fraction of sp³-hybridized carbons (Fsp3) is 0.789. The first-order valence-corrected chi connectivity index (χ1v) is 9.27. The fourth-order valence-corrected chi connectivity index (χ4v) is 2.87. The van der Waals surface area contributed by atoms with Crippen molar-refractivity contribution in [3.05, 3.63) is 18.2 Å². The number of aromatic nitrogens is 2. The molecular weight excluding hydrogens is 272 g/mol. The molecule has 0 bridgehead atoms. The molecule has 0 unspecified atom stereocenters. The van der Waals surface area contributed by atoms with Crippen LogP contribution in [-0.4, -0.2) is 15.8 Å². The molecule has 0 aliphatic carbocycles. The van der Waals surface area contributed by atoms with Gasteiger partial charge in [0.2, 0.25) is 0 Å². The van der Waals surface area contributed by atoms with Gasteiger partial charge in [0.25, 0.3) is 0 Å². The molecule has 0 atom stereocenters. The van der Waals surface area contributed by atoms with Crippen LogP contribution in [0.4, 0.5) is 0 Å². The van der Waals surface area contributed by atoms with Gasteiger partial charge < -0.3 is 9.78 Å². The third kappa shape index (κ3) is 11.5. The van der Waals surface area contributed by atoms with E-state index in [1.807, 2.05) is 12.4 Å². The topological polar surface area (TPSA) is 45.8 Å². The number of hydrogen-bond acceptors (Lipinski definition) is 2. The molecule has 0 aromatic carbocycles. The number of rotatable bonds is 15. The van der Waals surface area contributed by atoms with E-state index in [1.165, 1.54) is 70.6 Å². The summed E-state index contributed by atoms with van der Waals surface area (Å²) in [6.07, 6.45) is 21.5. The third-order valence-electron chi connectivity index (χ3n) is 4.25. The fourth-order valence-electron chi connectivity index (χ4n) is 2.87. The van der Waals surface area contributed by atoms with Crippen molar-refractivity contribution in [2.75, 3.05) is 0 Å². The van der Waals surface area contributed by atoms with Crippen LogP contribution in [0.25, 0.3) is 0 Å².